The first-order chi connectivity index (χ1) is 29.6. The summed E-state index contributed by atoms with van der Waals surface area (Å²) in [5, 5.41) is 9.91. The van der Waals surface area contributed by atoms with Gasteiger partial charge in [0.25, 0.3) is 5.91 Å². The predicted molar refractivity (Wildman–Crippen MR) is 255 cm³/mol. The Labute approximate surface area is 388 Å². The quantitative estimate of drug-likeness (QED) is 0.0390. The molecular weight excluding hydrogens is 841 g/mol. The van der Waals surface area contributed by atoms with Crippen LogP contribution < -0.4 is 21.3 Å². The van der Waals surface area contributed by atoms with Gasteiger partial charge in [0.2, 0.25) is 41.4 Å². The van der Waals surface area contributed by atoms with Crippen LogP contribution in [0.3, 0.4) is 0 Å². The van der Waals surface area contributed by atoms with Gasteiger partial charge in [-0.3, -0.25) is 43.3 Å². The molecule has 19 heteroatoms. The average molecular weight is 925 g/mol. The molecule has 0 rings (SSSR count). The van der Waals surface area contributed by atoms with Crippen LogP contribution in [-0.4, -0.2) is 181 Å². The summed E-state index contributed by atoms with van der Waals surface area (Å²) in [7, 11) is 11.3. The van der Waals surface area contributed by atoms with Gasteiger partial charge in [0.05, 0.1) is 6.34 Å². The van der Waals surface area contributed by atoms with Crippen molar-refractivity contribution in [2.75, 3.05) is 61.6 Å². The van der Waals surface area contributed by atoms with E-state index >= 15 is 0 Å². The SMILES string of the molecule is CCCC(=O)N(C)[C@H](SCC/N=C\N(C)C)C(=O)N(C)[C@@H](CC(C)C)C(=O)N[C@H](C(=O)N(C)[C@@H](CC(C)C)C(=O)N[C@@H](C)C(=O)N[C@H](C)C(=O)N(C)[C@@H](CC(C)C)C(=O)NC)C(C)C. The zero-order valence-corrected chi connectivity index (χ0v) is 43.1. The Kier molecular flexibility index (Phi) is 27.2. The number of nitrogens with zero attached hydrogens (tertiary/aromatic N) is 6. The van der Waals surface area contributed by atoms with Crippen LogP contribution in [0.1, 0.15) is 108 Å². The maximum absolute atomic E-state index is 14.4. The van der Waals surface area contributed by atoms with Gasteiger partial charge in [-0.2, -0.15) is 0 Å². The first-order valence-corrected chi connectivity index (χ1v) is 23.7. The van der Waals surface area contributed by atoms with E-state index in [2.05, 4.69) is 26.3 Å². The fourth-order valence-corrected chi connectivity index (χ4v) is 7.92. The number of rotatable bonds is 28. The fraction of sp³-hybridized carbons (Fsp3) is 0.800. The normalized spacial score (nSPS) is 14.8. The molecule has 8 amide bonds. The summed E-state index contributed by atoms with van der Waals surface area (Å²) in [6, 6.07) is -5.99. The van der Waals surface area contributed by atoms with Crippen molar-refractivity contribution in [1.29, 1.82) is 0 Å². The van der Waals surface area contributed by atoms with Crippen molar-refractivity contribution in [1.82, 2.24) is 45.8 Å². The van der Waals surface area contributed by atoms with Gasteiger partial charge in [-0.1, -0.05) is 62.3 Å². The maximum atomic E-state index is 14.4. The predicted octanol–water partition coefficient (Wildman–Crippen LogP) is 2.41. The summed E-state index contributed by atoms with van der Waals surface area (Å²) >= 11 is 1.27. The van der Waals surface area contributed by atoms with E-state index in [1.54, 1.807) is 32.1 Å². The van der Waals surface area contributed by atoms with E-state index in [-0.39, 0.29) is 48.8 Å². The van der Waals surface area contributed by atoms with Gasteiger partial charge in [-0.05, 0) is 63.2 Å². The van der Waals surface area contributed by atoms with Crippen molar-refractivity contribution in [3.63, 3.8) is 0 Å². The molecule has 0 aromatic carbocycles. The minimum absolute atomic E-state index is 0.0301. The Morgan fingerprint density at radius 2 is 1.00 bits per heavy atom. The molecule has 18 nitrogen and oxygen atoms in total. The number of carbonyl (C=O) groups excluding carboxylic acids is 8. The lowest BCUT2D eigenvalue weighted by atomic mass is 9.97. The van der Waals surface area contributed by atoms with Crippen LogP contribution in [0.5, 0.6) is 0 Å². The molecule has 0 saturated heterocycles. The van der Waals surface area contributed by atoms with Gasteiger partial charge in [0.15, 0.2) is 5.37 Å². The van der Waals surface area contributed by atoms with Gasteiger partial charge in [0, 0.05) is 68.1 Å². The summed E-state index contributed by atoms with van der Waals surface area (Å²) in [6.45, 7) is 20.3. The van der Waals surface area contributed by atoms with Crippen molar-refractivity contribution in [2.45, 2.75) is 150 Å². The topological polar surface area (TPSA) is 213 Å². The number of thioether (sulfide) groups is 1. The molecule has 0 fully saturated rings. The average Bonchev–Trinajstić information content (AvgIpc) is 3.21. The maximum Gasteiger partial charge on any atom is 0.256 e. The minimum Gasteiger partial charge on any atom is -0.369 e. The third-order valence-electron chi connectivity index (χ3n) is 10.6. The standard InChI is InChI=1S/C45H84N10O8S/c1-19-20-36(56)55(18)45(64-22-21-47-26-51(13)14)44(63)54(17)35(25-29(6)7)41(60)50-37(30(8)9)43(62)53(16)34(24-28(4)5)40(59)48-31(10)38(57)49-32(11)42(61)52(15)33(23-27(2)3)39(58)46-12/h26-35,37,45H,19-25H2,1-18H3,(H,46,58)(H,48,59)(H,49,57)(H,50,60)/b47-26-/t31-,32+,33-,34-,35-,37-,45+/m0/s1. The number of likely N-dealkylation sites (N-methyl/N-ethyl adjacent to an activating group) is 5. The second kappa shape index (κ2) is 29.2. The van der Waals surface area contributed by atoms with Crippen LogP contribution >= 0.6 is 11.8 Å². The van der Waals surface area contributed by atoms with E-state index in [9.17, 15) is 38.4 Å². The number of hydrogen-bond acceptors (Lipinski definition) is 10. The molecule has 0 bridgehead atoms. The highest BCUT2D eigenvalue weighted by atomic mass is 32.2. The Balaban J connectivity index is 6.40. The molecule has 0 heterocycles. The van der Waals surface area contributed by atoms with Crippen molar-refractivity contribution in [2.24, 2.45) is 28.7 Å². The Hall–Kier alpha value is -4.42. The third-order valence-corrected chi connectivity index (χ3v) is 11.9. The van der Waals surface area contributed by atoms with Crippen LogP contribution in [0.2, 0.25) is 0 Å². The highest BCUT2D eigenvalue weighted by Crippen LogP contribution is 2.23. The molecule has 368 valence electrons. The molecule has 0 aliphatic carbocycles. The summed E-state index contributed by atoms with van der Waals surface area (Å²) in [5.74, 6) is -3.72. The van der Waals surface area contributed by atoms with Crippen LogP contribution in [0.15, 0.2) is 4.99 Å². The molecule has 0 aromatic rings. The van der Waals surface area contributed by atoms with Gasteiger partial charge < -0.3 is 45.8 Å². The molecule has 0 radical (unpaired) electrons. The summed E-state index contributed by atoms with van der Waals surface area (Å²) in [5.41, 5.74) is 0. The zero-order valence-electron chi connectivity index (χ0n) is 42.2. The highest BCUT2D eigenvalue weighted by molar-refractivity contribution is 8.00. The Bertz CT molecular complexity index is 1580. The molecule has 0 aromatic heterocycles. The first-order valence-electron chi connectivity index (χ1n) is 22.6. The van der Waals surface area contributed by atoms with E-state index in [0.717, 1.165) is 0 Å². The van der Waals surface area contributed by atoms with E-state index in [4.69, 9.17) is 0 Å². The Morgan fingerprint density at radius 3 is 1.44 bits per heavy atom. The van der Waals surface area contributed by atoms with Crippen LogP contribution in [0, 0.1) is 23.7 Å². The lowest BCUT2D eigenvalue weighted by Gasteiger charge is -2.37. The minimum atomic E-state index is -1.11. The van der Waals surface area contributed by atoms with E-state index < -0.39 is 83.0 Å². The molecule has 0 aliphatic rings. The lowest BCUT2D eigenvalue weighted by molar-refractivity contribution is -0.147. The second-order valence-corrected chi connectivity index (χ2v) is 19.7. The van der Waals surface area contributed by atoms with Crippen molar-refractivity contribution < 1.29 is 38.4 Å². The largest absolute Gasteiger partial charge is 0.369 e. The summed E-state index contributed by atoms with van der Waals surface area (Å²) in [6.07, 6.45) is 3.45. The zero-order chi connectivity index (χ0) is 49.8. The van der Waals surface area contributed by atoms with Gasteiger partial charge in [-0.25, -0.2) is 0 Å². The fourth-order valence-electron chi connectivity index (χ4n) is 6.84. The third kappa shape index (κ3) is 19.8. The van der Waals surface area contributed by atoms with E-state index in [1.807, 2.05) is 62.6 Å². The highest BCUT2D eigenvalue weighted by Gasteiger charge is 2.40. The number of amides is 8. The number of hydrogen-bond donors (Lipinski definition) is 4. The molecular formula is C45H84N10O8S. The number of nitrogens with one attached hydrogen (secondary N) is 4. The van der Waals surface area contributed by atoms with Crippen molar-refractivity contribution in [3.05, 3.63) is 0 Å². The summed E-state index contributed by atoms with van der Waals surface area (Å²) < 4.78 is 0. The van der Waals surface area contributed by atoms with Gasteiger partial charge in [-0.15, -0.1) is 11.8 Å². The molecule has 4 N–H and O–H groups in total. The van der Waals surface area contributed by atoms with Crippen LogP contribution in [0.4, 0.5) is 0 Å². The molecule has 0 unspecified atom stereocenters. The lowest BCUT2D eigenvalue weighted by Crippen LogP contribution is -2.61. The smallest absolute Gasteiger partial charge is 0.256 e. The van der Waals surface area contributed by atoms with E-state index in [0.29, 0.717) is 25.1 Å². The number of aliphatic imine (C=N–C) groups is 1. The molecule has 0 saturated carbocycles. The Morgan fingerprint density at radius 1 is 0.562 bits per heavy atom. The summed E-state index contributed by atoms with van der Waals surface area (Å²) in [4.78, 5) is 121. The number of carbonyl (C=O) groups is 8. The monoisotopic (exact) mass is 925 g/mol. The second-order valence-electron chi connectivity index (χ2n) is 18.6. The van der Waals surface area contributed by atoms with Gasteiger partial charge >= 0.3 is 0 Å². The molecule has 7 atom stereocenters. The molecule has 0 spiro atoms. The molecule has 64 heavy (non-hydrogen) atoms. The van der Waals surface area contributed by atoms with Crippen molar-refractivity contribution in [3.8, 4) is 0 Å². The van der Waals surface area contributed by atoms with E-state index in [1.165, 1.54) is 73.4 Å². The first kappa shape index (κ1) is 59.6. The van der Waals surface area contributed by atoms with Crippen LogP contribution in [0.25, 0.3) is 0 Å². The van der Waals surface area contributed by atoms with Crippen LogP contribution in [-0.2, 0) is 38.4 Å². The van der Waals surface area contributed by atoms with Crippen molar-refractivity contribution >= 4 is 65.4 Å². The molecule has 0 aliphatic heterocycles. The van der Waals surface area contributed by atoms with Gasteiger partial charge in [0.1, 0.15) is 36.3 Å².